The van der Waals surface area contributed by atoms with Crippen molar-refractivity contribution in [1.82, 2.24) is 0 Å². The molecule has 2 rings (SSSR count). The Morgan fingerprint density at radius 3 is 2.48 bits per heavy atom. The maximum atomic E-state index is 12.2. The topological polar surface area (TPSA) is 52.9 Å². The molecule has 2 aromatic carbocycles. The van der Waals surface area contributed by atoms with Gasteiger partial charge in [0.25, 0.3) is 5.91 Å². The van der Waals surface area contributed by atoms with E-state index in [1.807, 2.05) is 36.6 Å². The highest BCUT2D eigenvalue weighted by Gasteiger charge is 2.11. The van der Waals surface area contributed by atoms with Crippen LogP contribution in [-0.2, 0) is 4.79 Å². The van der Waals surface area contributed by atoms with Crippen LogP contribution in [0.5, 0.6) is 0 Å². The minimum Gasteiger partial charge on any atom is -0.320 e. The van der Waals surface area contributed by atoms with Crippen LogP contribution in [-0.4, -0.2) is 12.2 Å². The summed E-state index contributed by atoms with van der Waals surface area (Å²) in [4.78, 5) is 13.3. The summed E-state index contributed by atoms with van der Waals surface area (Å²) >= 11 is 13.4. The average molecular weight is 363 g/mol. The fourth-order valence-electron chi connectivity index (χ4n) is 1.80. The van der Waals surface area contributed by atoms with E-state index >= 15 is 0 Å². The van der Waals surface area contributed by atoms with E-state index in [9.17, 15) is 10.1 Å². The molecule has 0 saturated carbocycles. The predicted octanol–water partition coefficient (Wildman–Crippen LogP) is 5.26. The molecule has 1 amide bonds. The van der Waals surface area contributed by atoms with E-state index in [2.05, 4.69) is 5.32 Å². The van der Waals surface area contributed by atoms with E-state index < -0.39 is 5.91 Å². The SMILES string of the molecule is CSc1ccc(/C=C(\C#N)C(=O)Nc2ccc(Cl)cc2Cl)cc1. The predicted molar refractivity (Wildman–Crippen MR) is 96.9 cm³/mol. The van der Waals surface area contributed by atoms with E-state index in [0.717, 1.165) is 10.5 Å². The number of halogens is 2. The monoisotopic (exact) mass is 362 g/mol. The number of anilines is 1. The molecule has 0 unspecified atom stereocenters. The highest BCUT2D eigenvalue weighted by Crippen LogP contribution is 2.26. The molecule has 6 heteroatoms. The largest absolute Gasteiger partial charge is 0.320 e. The third kappa shape index (κ3) is 4.77. The number of hydrogen-bond donors (Lipinski definition) is 1. The van der Waals surface area contributed by atoms with Crippen molar-refractivity contribution in [1.29, 1.82) is 5.26 Å². The summed E-state index contributed by atoms with van der Waals surface area (Å²) in [5.41, 5.74) is 1.17. The summed E-state index contributed by atoms with van der Waals surface area (Å²) in [5, 5.41) is 12.6. The molecule has 23 heavy (non-hydrogen) atoms. The van der Waals surface area contributed by atoms with Gasteiger partial charge in [0.2, 0.25) is 0 Å². The molecular formula is C17H12Cl2N2OS. The molecule has 3 nitrogen and oxygen atoms in total. The van der Waals surface area contributed by atoms with Crippen molar-refractivity contribution >= 4 is 52.6 Å². The number of carbonyl (C=O) groups excluding carboxylic acids is 1. The summed E-state index contributed by atoms with van der Waals surface area (Å²) in [6.07, 6.45) is 3.51. The number of nitrogens with one attached hydrogen (secondary N) is 1. The molecule has 0 saturated heterocycles. The van der Waals surface area contributed by atoms with Crippen molar-refractivity contribution in [2.24, 2.45) is 0 Å². The smallest absolute Gasteiger partial charge is 0.266 e. The Balaban J connectivity index is 2.20. The maximum Gasteiger partial charge on any atom is 0.266 e. The molecule has 0 heterocycles. The molecule has 116 valence electrons. The third-order valence-corrected chi connectivity index (χ3v) is 4.26. The molecule has 0 radical (unpaired) electrons. The number of rotatable bonds is 4. The Morgan fingerprint density at radius 2 is 1.91 bits per heavy atom. The second-order valence-electron chi connectivity index (χ2n) is 4.52. The van der Waals surface area contributed by atoms with Gasteiger partial charge >= 0.3 is 0 Å². The highest BCUT2D eigenvalue weighted by atomic mass is 35.5. The van der Waals surface area contributed by atoms with Gasteiger partial charge in [0.05, 0.1) is 10.7 Å². The van der Waals surface area contributed by atoms with Crippen LogP contribution in [0.3, 0.4) is 0 Å². The molecule has 0 fully saturated rings. The van der Waals surface area contributed by atoms with Crippen LogP contribution in [0.2, 0.25) is 10.0 Å². The van der Waals surface area contributed by atoms with Crippen molar-refractivity contribution in [2.75, 3.05) is 11.6 Å². The zero-order valence-corrected chi connectivity index (χ0v) is 14.5. The lowest BCUT2D eigenvalue weighted by molar-refractivity contribution is -0.112. The molecule has 0 atom stereocenters. The molecule has 0 spiro atoms. The van der Waals surface area contributed by atoms with Crippen LogP contribution in [0, 0.1) is 11.3 Å². The van der Waals surface area contributed by atoms with E-state index in [1.165, 1.54) is 12.1 Å². The minimum atomic E-state index is -0.523. The first-order valence-electron chi connectivity index (χ1n) is 6.55. The zero-order chi connectivity index (χ0) is 16.8. The zero-order valence-electron chi connectivity index (χ0n) is 12.1. The van der Waals surface area contributed by atoms with Crippen molar-refractivity contribution in [3.8, 4) is 6.07 Å². The molecule has 0 aromatic heterocycles. The molecule has 0 aliphatic rings. The first kappa shape index (κ1) is 17.4. The van der Waals surface area contributed by atoms with Gasteiger partial charge in [-0.25, -0.2) is 0 Å². The lowest BCUT2D eigenvalue weighted by Crippen LogP contribution is -2.13. The van der Waals surface area contributed by atoms with Crippen LogP contribution >= 0.6 is 35.0 Å². The van der Waals surface area contributed by atoms with E-state index in [-0.39, 0.29) is 5.57 Å². The van der Waals surface area contributed by atoms with Gasteiger partial charge in [0.1, 0.15) is 11.6 Å². The highest BCUT2D eigenvalue weighted by molar-refractivity contribution is 7.98. The van der Waals surface area contributed by atoms with Gasteiger partial charge in [-0.2, -0.15) is 5.26 Å². The van der Waals surface area contributed by atoms with Crippen LogP contribution < -0.4 is 5.32 Å². The lowest BCUT2D eigenvalue weighted by atomic mass is 10.1. The van der Waals surface area contributed by atoms with Crippen molar-refractivity contribution in [3.05, 3.63) is 63.6 Å². The molecule has 0 aliphatic carbocycles. The van der Waals surface area contributed by atoms with Crippen molar-refractivity contribution < 1.29 is 4.79 Å². The Morgan fingerprint density at radius 1 is 1.22 bits per heavy atom. The number of benzene rings is 2. The summed E-state index contributed by atoms with van der Waals surface area (Å²) in [6, 6.07) is 14.2. The Labute approximate surface area is 148 Å². The van der Waals surface area contributed by atoms with Gasteiger partial charge in [-0.05, 0) is 48.2 Å². The molecule has 1 N–H and O–H groups in total. The maximum absolute atomic E-state index is 12.2. The average Bonchev–Trinajstić information content (AvgIpc) is 2.55. The first-order chi connectivity index (χ1) is 11.0. The number of hydrogen-bond acceptors (Lipinski definition) is 3. The number of nitriles is 1. The number of amides is 1. The quantitative estimate of drug-likeness (QED) is 0.458. The van der Waals surface area contributed by atoms with Gasteiger partial charge < -0.3 is 5.32 Å². The Hall–Kier alpha value is -1.93. The van der Waals surface area contributed by atoms with Gasteiger partial charge in [0, 0.05) is 9.92 Å². The van der Waals surface area contributed by atoms with Crippen LogP contribution in [0.4, 0.5) is 5.69 Å². The van der Waals surface area contributed by atoms with Crippen LogP contribution in [0.1, 0.15) is 5.56 Å². The van der Waals surface area contributed by atoms with E-state index in [0.29, 0.717) is 15.7 Å². The van der Waals surface area contributed by atoms with Gasteiger partial charge in [-0.15, -0.1) is 11.8 Å². The molecule has 0 bridgehead atoms. The molecule has 2 aromatic rings. The van der Waals surface area contributed by atoms with E-state index in [4.69, 9.17) is 23.2 Å². The van der Waals surface area contributed by atoms with Gasteiger partial charge in [-0.1, -0.05) is 35.3 Å². The summed E-state index contributed by atoms with van der Waals surface area (Å²) < 4.78 is 0. The summed E-state index contributed by atoms with van der Waals surface area (Å²) in [6.45, 7) is 0. The van der Waals surface area contributed by atoms with Crippen LogP contribution in [0.15, 0.2) is 52.9 Å². The van der Waals surface area contributed by atoms with Gasteiger partial charge in [-0.3, -0.25) is 4.79 Å². The first-order valence-corrected chi connectivity index (χ1v) is 8.54. The van der Waals surface area contributed by atoms with Crippen molar-refractivity contribution in [3.63, 3.8) is 0 Å². The number of nitrogens with zero attached hydrogens (tertiary/aromatic N) is 1. The number of carbonyl (C=O) groups is 1. The van der Waals surface area contributed by atoms with Crippen LogP contribution in [0.25, 0.3) is 6.08 Å². The van der Waals surface area contributed by atoms with E-state index in [1.54, 1.807) is 23.9 Å². The second kappa shape index (κ2) is 8.07. The standard InChI is InChI=1S/C17H12Cl2N2OS/c1-23-14-5-2-11(3-6-14)8-12(10-20)17(22)21-16-7-4-13(18)9-15(16)19/h2-9H,1H3,(H,21,22)/b12-8+. The van der Waals surface area contributed by atoms with Crippen molar-refractivity contribution in [2.45, 2.75) is 4.90 Å². The summed E-state index contributed by atoms with van der Waals surface area (Å²) in [5.74, 6) is -0.523. The fourth-order valence-corrected chi connectivity index (χ4v) is 2.66. The Kier molecular flexibility index (Phi) is 6.12. The molecule has 0 aliphatic heterocycles. The number of thioether (sulfide) groups is 1. The normalized spacial score (nSPS) is 11.0. The molecular weight excluding hydrogens is 351 g/mol. The fraction of sp³-hybridized carbons (Fsp3) is 0.0588. The second-order valence-corrected chi connectivity index (χ2v) is 6.24. The van der Waals surface area contributed by atoms with Gasteiger partial charge in [0.15, 0.2) is 0 Å². The Bertz CT molecular complexity index is 795. The lowest BCUT2D eigenvalue weighted by Gasteiger charge is -2.07. The minimum absolute atomic E-state index is 0.00656. The third-order valence-electron chi connectivity index (χ3n) is 2.97. The summed E-state index contributed by atoms with van der Waals surface area (Å²) in [7, 11) is 0.